The molecule has 3 atom stereocenters. The highest BCUT2D eigenvalue weighted by molar-refractivity contribution is 5.94. The van der Waals surface area contributed by atoms with Gasteiger partial charge in [-0.1, -0.05) is 12.2 Å². The van der Waals surface area contributed by atoms with Gasteiger partial charge >= 0.3 is 6.18 Å². The molecule has 0 radical (unpaired) electrons. The second-order valence-corrected chi connectivity index (χ2v) is 7.34. The van der Waals surface area contributed by atoms with Crippen LogP contribution in [0, 0.1) is 0 Å². The van der Waals surface area contributed by atoms with Gasteiger partial charge in [-0.25, -0.2) is 0 Å². The van der Waals surface area contributed by atoms with E-state index in [1.54, 1.807) is 12.1 Å². The zero-order valence-electron chi connectivity index (χ0n) is 15.9. The fourth-order valence-corrected chi connectivity index (χ4v) is 3.54. The average Bonchev–Trinajstić information content (AvgIpc) is 2.65. The van der Waals surface area contributed by atoms with Crippen LogP contribution in [0.5, 0.6) is 0 Å². The van der Waals surface area contributed by atoms with Gasteiger partial charge in [0.2, 0.25) is 5.91 Å². The minimum atomic E-state index is -4.51. The molecule has 1 fully saturated rings. The van der Waals surface area contributed by atoms with E-state index in [4.69, 9.17) is 5.73 Å². The first-order valence-corrected chi connectivity index (χ1v) is 9.18. The van der Waals surface area contributed by atoms with Gasteiger partial charge in [0.15, 0.2) is 0 Å². The number of aliphatic hydroxyl groups excluding tert-OH is 1. The summed E-state index contributed by atoms with van der Waals surface area (Å²) in [6.45, 7) is 6.24. The number of nitrogens with two attached hydrogens (primary N) is 1. The van der Waals surface area contributed by atoms with Crippen LogP contribution in [0.15, 0.2) is 42.6 Å². The number of alkyl halides is 3. The molecule has 6 nitrogen and oxygen atoms in total. The topological polar surface area (TPSA) is 91.5 Å². The van der Waals surface area contributed by atoms with Crippen LogP contribution in [0.4, 0.5) is 18.9 Å². The first kappa shape index (κ1) is 21.1. The summed E-state index contributed by atoms with van der Waals surface area (Å²) < 4.78 is 40.1. The summed E-state index contributed by atoms with van der Waals surface area (Å²) in [7, 11) is 0. The van der Waals surface area contributed by atoms with E-state index in [2.05, 4.69) is 16.9 Å². The second-order valence-electron chi connectivity index (χ2n) is 7.34. The number of aliphatic hydroxyl groups is 1. The summed E-state index contributed by atoms with van der Waals surface area (Å²) in [5.74, 6) is -0.487. The molecule has 0 unspecified atom stereocenters. The van der Waals surface area contributed by atoms with E-state index >= 15 is 0 Å². The highest BCUT2D eigenvalue weighted by Crippen LogP contribution is 2.38. The van der Waals surface area contributed by atoms with Crippen molar-refractivity contribution in [1.82, 2.24) is 10.3 Å². The van der Waals surface area contributed by atoms with Crippen molar-refractivity contribution in [1.29, 1.82) is 0 Å². The number of rotatable bonds is 4. The van der Waals surface area contributed by atoms with Gasteiger partial charge in [-0.2, -0.15) is 13.2 Å². The van der Waals surface area contributed by atoms with Gasteiger partial charge in [-0.15, -0.1) is 0 Å². The van der Waals surface area contributed by atoms with Crippen molar-refractivity contribution in [3.63, 3.8) is 0 Å². The van der Waals surface area contributed by atoms with Crippen LogP contribution in [0.3, 0.4) is 0 Å². The number of nitrogens with one attached hydrogen (secondary N) is 1. The maximum atomic E-state index is 13.4. The second kappa shape index (κ2) is 8.00. The summed E-state index contributed by atoms with van der Waals surface area (Å²) in [5, 5.41) is 12.7. The zero-order chi connectivity index (χ0) is 21.3. The number of halogens is 3. The van der Waals surface area contributed by atoms with Gasteiger partial charge in [0.25, 0.3) is 0 Å². The molecule has 9 heteroatoms. The predicted molar refractivity (Wildman–Crippen MR) is 104 cm³/mol. The molecule has 0 spiro atoms. The van der Waals surface area contributed by atoms with Crippen LogP contribution in [0.1, 0.15) is 18.9 Å². The summed E-state index contributed by atoms with van der Waals surface area (Å²) >= 11 is 0. The Morgan fingerprint density at radius 1 is 1.41 bits per heavy atom. The third kappa shape index (κ3) is 4.51. The van der Waals surface area contributed by atoms with Crippen molar-refractivity contribution >= 4 is 22.5 Å². The van der Waals surface area contributed by atoms with Crippen molar-refractivity contribution in [3.05, 3.63) is 48.2 Å². The standard InChI is InChI=1S/C20H23F3N4O2/c1-11-8-13(26-19(29)17(24)12(2)28)10-27(9-11)16-6-5-15(20(21,22)23)18-14(16)4-3-7-25-18/h3-7,12-13,17,28H,1,8-10,24H2,2H3,(H,26,29)/t12-,13-,17+/m1/s1. The molecule has 1 aromatic carbocycles. The minimum Gasteiger partial charge on any atom is -0.391 e. The molecule has 156 valence electrons. The third-order valence-corrected chi connectivity index (χ3v) is 4.95. The van der Waals surface area contributed by atoms with E-state index in [1.807, 2.05) is 4.90 Å². The van der Waals surface area contributed by atoms with Crippen molar-refractivity contribution in [3.8, 4) is 0 Å². The van der Waals surface area contributed by atoms with E-state index in [-0.39, 0.29) is 11.6 Å². The third-order valence-electron chi connectivity index (χ3n) is 4.95. The number of carbonyl (C=O) groups excluding carboxylic acids is 1. The highest BCUT2D eigenvalue weighted by Gasteiger charge is 2.34. The number of carbonyl (C=O) groups is 1. The number of nitrogens with zero attached hydrogens (tertiary/aromatic N) is 2. The Labute approximate surface area is 166 Å². The molecule has 2 aromatic rings. The quantitative estimate of drug-likeness (QED) is 0.675. The summed E-state index contributed by atoms with van der Waals surface area (Å²) in [4.78, 5) is 18.0. The zero-order valence-corrected chi connectivity index (χ0v) is 15.9. The molecule has 1 amide bonds. The lowest BCUT2D eigenvalue weighted by Crippen LogP contribution is -2.54. The number of hydrogen-bond donors (Lipinski definition) is 3. The number of fused-ring (bicyclic) bond motifs is 1. The average molecular weight is 408 g/mol. The molecule has 0 aliphatic carbocycles. The number of piperidine rings is 1. The molecule has 0 bridgehead atoms. The molecular formula is C20H23F3N4O2. The van der Waals surface area contributed by atoms with Gasteiger partial charge < -0.3 is 21.1 Å². The lowest BCUT2D eigenvalue weighted by Gasteiger charge is -2.37. The van der Waals surface area contributed by atoms with Crippen LogP contribution >= 0.6 is 0 Å². The van der Waals surface area contributed by atoms with E-state index in [9.17, 15) is 23.1 Å². The summed E-state index contributed by atoms with van der Waals surface area (Å²) in [6.07, 6.45) is -3.66. The molecule has 3 rings (SSSR count). The number of aromatic nitrogens is 1. The van der Waals surface area contributed by atoms with E-state index in [0.717, 1.165) is 11.6 Å². The maximum absolute atomic E-state index is 13.4. The van der Waals surface area contributed by atoms with Gasteiger partial charge in [-0.05, 0) is 37.6 Å². The Bertz CT molecular complexity index is 930. The number of anilines is 1. The van der Waals surface area contributed by atoms with E-state index in [1.165, 1.54) is 19.2 Å². The first-order chi connectivity index (χ1) is 13.6. The Balaban J connectivity index is 1.91. The van der Waals surface area contributed by atoms with Crippen LogP contribution in [0.25, 0.3) is 10.9 Å². The first-order valence-electron chi connectivity index (χ1n) is 9.18. The normalized spacial score (nSPS) is 19.9. The number of amides is 1. The SMILES string of the molecule is C=C1C[C@@H](NC(=O)[C@@H](N)[C@@H](C)O)CN(c2ccc(C(F)(F)F)c3ncccc23)C1. The van der Waals surface area contributed by atoms with Crippen molar-refractivity contribution in [2.45, 2.75) is 37.7 Å². The van der Waals surface area contributed by atoms with Crippen molar-refractivity contribution in [2.75, 3.05) is 18.0 Å². The lowest BCUT2D eigenvalue weighted by atomic mass is 9.98. The van der Waals surface area contributed by atoms with Crippen LogP contribution in [0.2, 0.25) is 0 Å². The Morgan fingerprint density at radius 2 is 2.14 bits per heavy atom. The lowest BCUT2D eigenvalue weighted by molar-refractivity contribution is -0.136. The van der Waals surface area contributed by atoms with Crippen LogP contribution < -0.4 is 16.0 Å². The molecule has 1 saturated heterocycles. The van der Waals surface area contributed by atoms with Crippen molar-refractivity contribution in [2.24, 2.45) is 5.73 Å². The summed E-state index contributed by atoms with van der Waals surface area (Å²) in [6, 6.07) is 4.25. The molecule has 1 aliphatic rings. The van der Waals surface area contributed by atoms with Crippen LogP contribution in [-0.4, -0.2) is 47.3 Å². The molecule has 1 aromatic heterocycles. The largest absolute Gasteiger partial charge is 0.418 e. The maximum Gasteiger partial charge on any atom is 0.418 e. The van der Waals surface area contributed by atoms with Gasteiger partial charge in [0.1, 0.15) is 6.04 Å². The highest BCUT2D eigenvalue weighted by atomic mass is 19.4. The Kier molecular flexibility index (Phi) is 5.81. The van der Waals surface area contributed by atoms with Crippen LogP contribution in [-0.2, 0) is 11.0 Å². The number of hydrogen-bond acceptors (Lipinski definition) is 5. The van der Waals surface area contributed by atoms with Gasteiger partial charge in [0, 0.05) is 30.4 Å². The van der Waals surface area contributed by atoms with E-state index < -0.39 is 29.8 Å². The monoisotopic (exact) mass is 408 g/mol. The molecule has 2 heterocycles. The Hall–Kier alpha value is -2.65. The minimum absolute atomic E-state index is 0.120. The van der Waals surface area contributed by atoms with Gasteiger partial charge in [-0.3, -0.25) is 9.78 Å². The molecule has 0 saturated carbocycles. The molecule has 4 N–H and O–H groups in total. The predicted octanol–water partition coefficient (Wildman–Crippen LogP) is 2.21. The molecule has 1 aliphatic heterocycles. The van der Waals surface area contributed by atoms with Crippen molar-refractivity contribution < 1.29 is 23.1 Å². The van der Waals surface area contributed by atoms with E-state index in [0.29, 0.717) is 30.6 Å². The smallest absolute Gasteiger partial charge is 0.391 e. The fraction of sp³-hybridized carbons (Fsp3) is 0.400. The Morgan fingerprint density at radius 3 is 2.79 bits per heavy atom. The molecular weight excluding hydrogens is 385 g/mol. The fourth-order valence-electron chi connectivity index (χ4n) is 3.54. The number of benzene rings is 1. The van der Waals surface area contributed by atoms with Gasteiger partial charge in [0.05, 0.1) is 23.2 Å². The molecule has 29 heavy (non-hydrogen) atoms. The number of pyridine rings is 1. The summed E-state index contributed by atoms with van der Waals surface area (Å²) in [5.41, 5.74) is 6.17.